The topological polar surface area (TPSA) is 186 Å². The Hall–Kier alpha value is -4.63. The minimum atomic E-state index is -4.36. The molecule has 15 heteroatoms. The molecule has 0 radical (unpaired) electrons. The predicted octanol–water partition coefficient (Wildman–Crippen LogP) is 3.94. The maximum absolute atomic E-state index is 14.1. The molecular weight excluding hydrogens is 632 g/mol. The van der Waals surface area contributed by atoms with Crippen molar-refractivity contribution in [2.24, 2.45) is 0 Å². The van der Waals surface area contributed by atoms with Crippen molar-refractivity contribution in [1.82, 2.24) is 13.4 Å². The summed E-state index contributed by atoms with van der Waals surface area (Å²) < 4.78 is 41.7. The van der Waals surface area contributed by atoms with E-state index in [1.807, 2.05) is 25.7 Å². The molecule has 2 aromatic carbocycles. The Morgan fingerprint density at radius 1 is 0.957 bits per heavy atom. The summed E-state index contributed by atoms with van der Waals surface area (Å²) in [4.78, 5) is 47.3. The van der Waals surface area contributed by atoms with Crippen molar-refractivity contribution in [2.75, 3.05) is 38.7 Å². The molecule has 0 saturated heterocycles. The van der Waals surface area contributed by atoms with E-state index in [1.165, 1.54) is 25.3 Å². The largest absolute Gasteiger partial charge is 0.495 e. The van der Waals surface area contributed by atoms with Gasteiger partial charge in [-0.1, -0.05) is 33.1 Å². The maximum atomic E-state index is 14.1. The number of nitrogens with one attached hydrogen (secondary N) is 1. The van der Waals surface area contributed by atoms with E-state index in [9.17, 15) is 27.6 Å². The van der Waals surface area contributed by atoms with Gasteiger partial charge in [0.1, 0.15) is 16.4 Å². The van der Waals surface area contributed by atoms with Gasteiger partial charge in [-0.3, -0.25) is 14.3 Å². The van der Waals surface area contributed by atoms with Crippen LogP contribution in [0.25, 0.3) is 11.0 Å². The molecule has 1 heterocycles. The number of benzene rings is 2. The molecule has 0 aliphatic heterocycles. The Morgan fingerprint density at radius 3 is 2.15 bits per heavy atom. The Labute approximate surface area is 273 Å². The zero-order valence-corrected chi connectivity index (χ0v) is 27.8. The van der Waals surface area contributed by atoms with Crippen LogP contribution in [0.2, 0.25) is 0 Å². The number of carbonyl (C=O) groups is 3. The Balaban J connectivity index is 0.000000665. The van der Waals surface area contributed by atoms with E-state index in [2.05, 4.69) is 5.32 Å². The number of rotatable bonds is 13. The molecule has 1 saturated carbocycles. The molecule has 3 N–H and O–H groups in total. The minimum Gasteiger partial charge on any atom is -0.495 e. The predicted molar refractivity (Wildman–Crippen MR) is 176 cm³/mol. The summed E-state index contributed by atoms with van der Waals surface area (Å²) in [6.07, 6.45) is 5.80. The van der Waals surface area contributed by atoms with Gasteiger partial charge in [0.2, 0.25) is 5.91 Å². The first-order chi connectivity index (χ1) is 22.4. The molecule has 1 aliphatic rings. The lowest BCUT2D eigenvalue weighted by atomic mass is 9.95. The van der Waals surface area contributed by atoms with E-state index < -0.39 is 27.7 Å². The lowest BCUT2D eigenvalue weighted by Gasteiger charge is -2.23. The normalized spacial score (nSPS) is 13.7. The first kappa shape index (κ1) is 36.8. The van der Waals surface area contributed by atoms with Crippen molar-refractivity contribution in [1.29, 1.82) is 0 Å². The minimum absolute atomic E-state index is 0.0343. The molecule has 256 valence electrons. The van der Waals surface area contributed by atoms with Crippen LogP contribution in [0.15, 0.2) is 58.2 Å². The third kappa shape index (κ3) is 9.23. The number of ether oxygens (including phenoxy) is 2. The van der Waals surface area contributed by atoms with Gasteiger partial charge in [-0.05, 0) is 57.1 Å². The number of nitrogens with zero attached hydrogens (tertiary/aromatic N) is 3. The summed E-state index contributed by atoms with van der Waals surface area (Å²) >= 11 is 0. The summed E-state index contributed by atoms with van der Waals surface area (Å²) in [7, 11) is -3.00. The number of amides is 1. The fourth-order valence-corrected chi connectivity index (χ4v) is 6.94. The van der Waals surface area contributed by atoms with Crippen LogP contribution in [0, 0.1) is 0 Å². The molecule has 1 fully saturated rings. The molecule has 1 amide bonds. The quantitative estimate of drug-likeness (QED) is 0.223. The Morgan fingerprint density at radius 2 is 1.60 bits per heavy atom. The lowest BCUT2D eigenvalue weighted by Crippen LogP contribution is -2.33. The zero-order valence-electron chi connectivity index (χ0n) is 27.0. The smallest absolute Gasteiger partial charge is 0.343 e. The van der Waals surface area contributed by atoms with E-state index >= 15 is 0 Å². The average molecular weight is 675 g/mol. The molecule has 47 heavy (non-hydrogen) atoms. The number of anilines is 1. The molecule has 0 spiro atoms. The van der Waals surface area contributed by atoms with E-state index in [0.717, 1.165) is 49.2 Å². The van der Waals surface area contributed by atoms with Crippen LogP contribution >= 0.6 is 0 Å². The van der Waals surface area contributed by atoms with Gasteiger partial charge in [0.05, 0.1) is 31.3 Å². The molecule has 0 bridgehead atoms. The van der Waals surface area contributed by atoms with Gasteiger partial charge in [-0.25, -0.2) is 22.8 Å². The highest BCUT2D eigenvalue weighted by Gasteiger charge is 2.31. The van der Waals surface area contributed by atoms with Crippen LogP contribution in [0.4, 0.5) is 5.69 Å². The third-order valence-corrected chi connectivity index (χ3v) is 9.38. The van der Waals surface area contributed by atoms with Gasteiger partial charge < -0.3 is 25.0 Å². The highest BCUT2D eigenvalue weighted by molar-refractivity contribution is 7.90. The molecule has 3 aromatic rings. The first-order valence-corrected chi connectivity index (χ1v) is 16.8. The highest BCUT2D eigenvalue weighted by atomic mass is 32.2. The van der Waals surface area contributed by atoms with Gasteiger partial charge in [0.15, 0.2) is 0 Å². The number of likely N-dealkylation sites (N-methyl/N-ethyl adjacent to an activating group) is 1. The number of hydrogen-bond donors (Lipinski definition) is 3. The molecule has 1 aromatic heterocycles. The van der Waals surface area contributed by atoms with Gasteiger partial charge in [-0.15, -0.1) is 0 Å². The van der Waals surface area contributed by atoms with Crippen LogP contribution in [0.5, 0.6) is 11.5 Å². The molecule has 0 unspecified atom stereocenters. The molecule has 14 nitrogen and oxygen atoms in total. The summed E-state index contributed by atoms with van der Waals surface area (Å²) in [5.41, 5.74) is 0.610. The zero-order chi connectivity index (χ0) is 34.7. The standard InChI is InChI=1S/C28H38N4O6S.C4H4O4/c1-5-30(6-2)19-27(33)29-20-13-16-26(25(17-20)37-4)39(35,36)32-23-15-14-22(38-7-3)18-24(23)31(28(32)34)21-11-9-8-10-12-21;5-3(6)1-2-4(7)8/h13-18,21H,5-12,19H2,1-4H3,(H,29,33);1-2H,(H,5,6)(H,7,8). The van der Waals surface area contributed by atoms with Crippen molar-refractivity contribution in [2.45, 2.75) is 63.8 Å². The van der Waals surface area contributed by atoms with Crippen LogP contribution < -0.4 is 20.5 Å². The van der Waals surface area contributed by atoms with Crippen LogP contribution in [0.3, 0.4) is 0 Å². The summed E-state index contributed by atoms with van der Waals surface area (Å²) in [5.74, 6) is -2.12. The number of imidazole rings is 1. The fourth-order valence-electron chi connectivity index (χ4n) is 5.40. The molecule has 1 aliphatic carbocycles. The van der Waals surface area contributed by atoms with Crippen LogP contribution in [0.1, 0.15) is 58.9 Å². The maximum Gasteiger partial charge on any atom is 0.343 e. The Bertz CT molecular complexity index is 1750. The van der Waals surface area contributed by atoms with Gasteiger partial charge in [0, 0.05) is 36.0 Å². The van der Waals surface area contributed by atoms with Crippen molar-refractivity contribution >= 4 is 44.6 Å². The van der Waals surface area contributed by atoms with Gasteiger partial charge >= 0.3 is 17.6 Å². The summed E-state index contributed by atoms with van der Waals surface area (Å²) in [5, 5.41) is 18.4. The van der Waals surface area contributed by atoms with E-state index in [0.29, 0.717) is 35.7 Å². The molecule has 4 rings (SSSR count). The highest BCUT2D eigenvalue weighted by Crippen LogP contribution is 2.34. The monoisotopic (exact) mass is 674 g/mol. The number of aliphatic carboxylic acids is 2. The second-order valence-corrected chi connectivity index (χ2v) is 12.4. The fraction of sp³-hybridized carbons (Fsp3) is 0.438. The number of aromatic nitrogens is 2. The van der Waals surface area contributed by atoms with Crippen molar-refractivity contribution in [3.05, 3.63) is 59.0 Å². The third-order valence-electron chi connectivity index (χ3n) is 7.65. The van der Waals surface area contributed by atoms with Crippen molar-refractivity contribution < 1.29 is 42.5 Å². The number of fused-ring (bicyclic) bond motifs is 1. The second kappa shape index (κ2) is 16.8. The Kier molecular flexibility index (Phi) is 13.2. The molecular formula is C32H42N4O10S. The number of hydrogen-bond acceptors (Lipinski definition) is 9. The second-order valence-electron chi connectivity index (χ2n) is 10.7. The van der Waals surface area contributed by atoms with Crippen LogP contribution in [-0.4, -0.2) is 83.3 Å². The van der Waals surface area contributed by atoms with E-state index in [1.54, 1.807) is 22.8 Å². The molecule has 0 atom stereocenters. The van der Waals surface area contributed by atoms with Crippen LogP contribution in [-0.2, 0) is 24.4 Å². The number of carboxylic acid groups (broad SMARTS) is 2. The average Bonchev–Trinajstić information content (AvgIpc) is 3.34. The summed E-state index contributed by atoms with van der Waals surface area (Å²) in [6.45, 7) is 7.96. The number of carboxylic acids is 2. The first-order valence-electron chi connectivity index (χ1n) is 15.4. The number of methoxy groups -OCH3 is 1. The lowest BCUT2D eigenvalue weighted by molar-refractivity contribution is -0.134. The van der Waals surface area contributed by atoms with E-state index in [-0.39, 0.29) is 34.7 Å². The van der Waals surface area contributed by atoms with Gasteiger partial charge in [-0.2, -0.15) is 3.97 Å². The SMILES string of the molecule is CCOc1ccc2c(c1)n(C1CCCCC1)c(=O)n2S(=O)(=O)c1ccc(NC(=O)CN(CC)CC)cc1OC.O=C(O)C=CC(=O)O. The number of carbonyl (C=O) groups excluding carboxylic acids is 1. The van der Waals surface area contributed by atoms with Crippen molar-refractivity contribution in [3.63, 3.8) is 0 Å². The van der Waals surface area contributed by atoms with Gasteiger partial charge in [0.25, 0.3) is 10.0 Å². The van der Waals surface area contributed by atoms with E-state index in [4.69, 9.17) is 19.7 Å². The van der Waals surface area contributed by atoms with Crippen molar-refractivity contribution in [3.8, 4) is 11.5 Å². The summed E-state index contributed by atoms with van der Waals surface area (Å²) in [6, 6.07) is 9.28.